The van der Waals surface area contributed by atoms with Crippen LogP contribution >= 0.6 is 11.8 Å². The largest absolute Gasteiger partial charge is 0.272 e. The maximum Gasteiger partial charge on any atom is 0.251 e. The van der Waals surface area contributed by atoms with E-state index in [2.05, 4.69) is 36.6 Å². The van der Waals surface area contributed by atoms with Crippen molar-refractivity contribution in [2.45, 2.75) is 39.0 Å². The van der Waals surface area contributed by atoms with E-state index in [4.69, 9.17) is 0 Å². The maximum atomic E-state index is 11.4. The number of thioether (sulfide) groups is 1. The van der Waals surface area contributed by atoms with Gasteiger partial charge in [0.05, 0.1) is 5.37 Å². The highest BCUT2D eigenvalue weighted by Gasteiger charge is 2.35. The van der Waals surface area contributed by atoms with Crippen molar-refractivity contribution in [2.24, 2.45) is 16.3 Å². The van der Waals surface area contributed by atoms with Gasteiger partial charge in [0.25, 0.3) is 5.91 Å². The first-order valence-corrected chi connectivity index (χ1v) is 6.10. The molecule has 2 aliphatic rings. The van der Waals surface area contributed by atoms with Gasteiger partial charge in [0.1, 0.15) is 0 Å². The van der Waals surface area contributed by atoms with Crippen molar-refractivity contribution in [1.82, 2.24) is 10.9 Å². The minimum absolute atomic E-state index is 0.00221. The highest BCUT2D eigenvalue weighted by atomic mass is 32.2. The lowest BCUT2D eigenvalue weighted by molar-refractivity contribution is -0.118. The van der Waals surface area contributed by atoms with Gasteiger partial charge in [-0.1, -0.05) is 32.5 Å². The molecule has 1 radical (unpaired) electrons. The fraction of sp³-hybridized carbons (Fsp3) is 0.800. The normalized spacial score (nSPS) is 29.3. The van der Waals surface area contributed by atoms with Gasteiger partial charge in [-0.2, -0.15) is 15.8 Å². The second-order valence-electron chi connectivity index (χ2n) is 5.11. The second-order valence-corrected chi connectivity index (χ2v) is 6.18. The molecule has 4 nitrogen and oxygen atoms in total. The van der Waals surface area contributed by atoms with Gasteiger partial charge in [0.15, 0.2) is 0 Å². The van der Waals surface area contributed by atoms with E-state index in [1.807, 2.05) is 0 Å². The number of nitrogens with one attached hydrogen (secondary N) is 1. The molecule has 0 aromatic carbocycles. The van der Waals surface area contributed by atoms with E-state index in [1.54, 1.807) is 11.8 Å². The zero-order valence-corrected chi connectivity index (χ0v) is 10.1. The molecule has 1 aliphatic carbocycles. The number of amides is 1. The van der Waals surface area contributed by atoms with Gasteiger partial charge < -0.3 is 0 Å². The maximum absolute atomic E-state index is 11.4. The van der Waals surface area contributed by atoms with Crippen LogP contribution in [0.4, 0.5) is 0 Å². The van der Waals surface area contributed by atoms with Crippen LogP contribution in [0.25, 0.3) is 0 Å². The summed E-state index contributed by atoms with van der Waals surface area (Å²) in [6.07, 6.45) is 1.99. The lowest BCUT2D eigenvalue weighted by atomic mass is 9.97. The van der Waals surface area contributed by atoms with Gasteiger partial charge >= 0.3 is 0 Å². The summed E-state index contributed by atoms with van der Waals surface area (Å²) in [6, 6.07) is 0. The molecule has 5 heteroatoms. The Balaban J connectivity index is 1.94. The summed E-state index contributed by atoms with van der Waals surface area (Å²) in [6.45, 7) is 6.41. The Bertz CT molecular complexity index is 304. The Morgan fingerprint density at radius 2 is 2.20 bits per heavy atom. The fourth-order valence-electron chi connectivity index (χ4n) is 1.21. The first kappa shape index (κ1) is 11.0. The molecular weight excluding hydrogens is 210 g/mol. The van der Waals surface area contributed by atoms with Gasteiger partial charge in [-0.25, -0.2) is 0 Å². The number of rotatable bonds is 1. The number of nitrogens with zero attached hydrogens (tertiary/aromatic N) is 2. The van der Waals surface area contributed by atoms with Crippen molar-refractivity contribution in [3.63, 3.8) is 0 Å². The highest BCUT2D eigenvalue weighted by molar-refractivity contribution is 8.14. The van der Waals surface area contributed by atoms with Crippen molar-refractivity contribution < 1.29 is 4.79 Å². The predicted octanol–water partition coefficient (Wildman–Crippen LogP) is 1.51. The van der Waals surface area contributed by atoms with Gasteiger partial charge in [-0.05, 0) is 18.3 Å². The molecule has 2 fully saturated rings. The predicted molar refractivity (Wildman–Crippen MR) is 61.3 cm³/mol. The van der Waals surface area contributed by atoms with Crippen LogP contribution in [-0.4, -0.2) is 16.4 Å². The lowest BCUT2D eigenvalue weighted by Gasteiger charge is -2.23. The summed E-state index contributed by atoms with van der Waals surface area (Å²) >= 11 is 1.54. The van der Waals surface area contributed by atoms with E-state index < -0.39 is 0 Å². The van der Waals surface area contributed by atoms with Crippen LogP contribution in [0.3, 0.4) is 0 Å². The Morgan fingerprint density at radius 3 is 2.67 bits per heavy atom. The quantitative estimate of drug-likeness (QED) is 0.737. The second kappa shape index (κ2) is 3.79. The van der Waals surface area contributed by atoms with E-state index in [0.717, 1.165) is 12.8 Å². The van der Waals surface area contributed by atoms with Crippen LogP contribution in [0.2, 0.25) is 0 Å². The molecule has 1 unspecified atom stereocenters. The zero-order chi connectivity index (χ0) is 11.1. The Hall–Kier alpha value is -0.550. The first-order chi connectivity index (χ1) is 6.97. The number of aliphatic imine (C=N–C) groups is 1. The van der Waals surface area contributed by atoms with E-state index in [-0.39, 0.29) is 22.6 Å². The molecule has 1 saturated carbocycles. The third kappa shape index (κ3) is 2.72. The molecule has 0 bridgehead atoms. The topological polar surface area (TPSA) is 55.6 Å². The zero-order valence-electron chi connectivity index (χ0n) is 9.28. The van der Waals surface area contributed by atoms with Crippen LogP contribution in [0.5, 0.6) is 0 Å². The summed E-state index contributed by atoms with van der Waals surface area (Å²) in [7, 11) is 0. The van der Waals surface area contributed by atoms with Gasteiger partial charge in [-0.3, -0.25) is 4.79 Å². The Morgan fingerprint density at radius 1 is 1.53 bits per heavy atom. The van der Waals surface area contributed by atoms with E-state index in [0.29, 0.717) is 5.17 Å². The first-order valence-electron chi connectivity index (χ1n) is 5.22. The van der Waals surface area contributed by atoms with Crippen molar-refractivity contribution in [1.29, 1.82) is 0 Å². The fourth-order valence-corrected chi connectivity index (χ4v) is 2.13. The van der Waals surface area contributed by atoms with Gasteiger partial charge in [0.2, 0.25) is 5.17 Å². The molecule has 1 atom stereocenters. The molecule has 2 rings (SSSR count). The summed E-state index contributed by atoms with van der Waals surface area (Å²) in [5.74, 6) is 0.180. The van der Waals surface area contributed by atoms with Gasteiger partial charge in [0, 0.05) is 5.92 Å². The van der Waals surface area contributed by atoms with Crippen molar-refractivity contribution in [2.75, 3.05) is 0 Å². The number of carbonyl (C=O) groups is 1. The third-order valence-electron chi connectivity index (χ3n) is 2.42. The van der Waals surface area contributed by atoms with Crippen LogP contribution < -0.4 is 10.9 Å². The number of hydrogen-bond acceptors (Lipinski definition) is 3. The minimum Gasteiger partial charge on any atom is -0.272 e. The van der Waals surface area contributed by atoms with Crippen molar-refractivity contribution in [3.05, 3.63) is 0 Å². The molecule has 0 spiro atoms. The molecule has 83 valence electrons. The Labute approximate surface area is 94.3 Å². The average Bonchev–Trinajstić information content (AvgIpc) is 2.86. The van der Waals surface area contributed by atoms with Gasteiger partial charge in [-0.15, -0.1) is 0 Å². The number of carbonyl (C=O) groups excluding carboxylic acids is 1. The van der Waals surface area contributed by atoms with Crippen LogP contribution in [-0.2, 0) is 4.79 Å². The molecule has 0 aromatic rings. The monoisotopic (exact) mass is 226 g/mol. The summed E-state index contributed by atoms with van der Waals surface area (Å²) in [5, 5.41) is 0.801. The molecule has 1 aliphatic heterocycles. The summed E-state index contributed by atoms with van der Waals surface area (Å²) in [5.41, 5.74) is 7.21. The molecule has 1 saturated heterocycles. The Kier molecular flexibility index (Phi) is 2.77. The molecular formula is C10H16N3OS. The molecule has 0 aromatic heterocycles. The standard InChI is InChI=1S/C10H16N3OS/c1-10(2,3)8-12-13-9(15-8)11-7(14)6-4-5-6/h6,8,12H,4-5H2,1-3H3. The van der Waals surface area contributed by atoms with Crippen molar-refractivity contribution in [3.8, 4) is 0 Å². The smallest absolute Gasteiger partial charge is 0.251 e. The van der Waals surface area contributed by atoms with Crippen LogP contribution in [0.15, 0.2) is 4.99 Å². The lowest BCUT2D eigenvalue weighted by Crippen LogP contribution is -2.35. The average molecular weight is 226 g/mol. The number of amidine groups is 1. The molecule has 1 heterocycles. The number of hydrogen-bond donors (Lipinski definition) is 1. The molecule has 1 N–H and O–H groups in total. The van der Waals surface area contributed by atoms with E-state index in [9.17, 15) is 4.79 Å². The van der Waals surface area contributed by atoms with E-state index in [1.165, 1.54) is 0 Å². The van der Waals surface area contributed by atoms with Crippen LogP contribution in [0.1, 0.15) is 33.6 Å². The highest BCUT2D eigenvalue weighted by Crippen LogP contribution is 2.33. The van der Waals surface area contributed by atoms with Crippen LogP contribution in [0, 0.1) is 11.3 Å². The molecule has 15 heavy (non-hydrogen) atoms. The summed E-state index contributed by atoms with van der Waals surface area (Å²) in [4.78, 5) is 15.4. The third-order valence-corrected chi connectivity index (χ3v) is 3.86. The SMILES string of the molecule is CC(C)(C)C1N[N]C(=NC(=O)C2CC2)S1. The van der Waals surface area contributed by atoms with Crippen molar-refractivity contribution >= 4 is 22.8 Å². The minimum atomic E-state index is -0.00221. The summed E-state index contributed by atoms with van der Waals surface area (Å²) < 4.78 is 0. The molecule has 1 amide bonds. The van der Waals surface area contributed by atoms with E-state index >= 15 is 0 Å².